The van der Waals surface area contributed by atoms with Gasteiger partial charge in [-0.05, 0) is 24.8 Å². The van der Waals surface area contributed by atoms with Gasteiger partial charge < -0.3 is 10.4 Å². The highest BCUT2D eigenvalue weighted by atomic mass is 16.6. The third-order valence-corrected chi connectivity index (χ3v) is 2.71. The highest BCUT2D eigenvalue weighted by molar-refractivity contribution is 5.65. The molecule has 0 amide bonds. The van der Waals surface area contributed by atoms with Gasteiger partial charge in [0.25, 0.3) is 5.69 Å². The smallest absolute Gasteiger partial charge is 0.292 e. The number of hydrogen-bond acceptors (Lipinski definition) is 4. The Hall–Kier alpha value is -1.62. The SMILES string of the molecule is Cc1cccc([N+](=O)[O-])c1NCC(O)CC(C)C. The third-order valence-electron chi connectivity index (χ3n) is 2.71. The van der Waals surface area contributed by atoms with E-state index in [-0.39, 0.29) is 5.69 Å². The van der Waals surface area contributed by atoms with Crippen LogP contribution in [0.25, 0.3) is 0 Å². The molecule has 1 atom stereocenters. The molecule has 0 heterocycles. The Morgan fingerprint density at radius 1 is 1.44 bits per heavy atom. The molecule has 1 rings (SSSR count). The summed E-state index contributed by atoms with van der Waals surface area (Å²) in [4.78, 5) is 10.5. The Bertz CT molecular complexity index is 419. The summed E-state index contributed by atoms with van der Waals surface area (Å²) in [6.07, 6.45) is 0.177. The van der Waals surface area contributed by atoms with Crippen molar-refractivity contribution in [2.24, 2.45) is 5.92 Å². The van der Waals surface area contributed by atoms with E-state index in [4.69, 9.17) is 0 Å². The second-order valence-electron chi connectivity index (χ2n) is 4.89. The fourth-order valence-electron chi connectivity index (χ4n) is 1.88. The number of nitro benzene ring substituents is 1. The van der Waals surface area contributed by atoms with Crippen LogP contribution in [-0.2, 0) is 0 Å². The topological polar surface area (TPSA) is 75.4 Å². The van der Waals surface area contributed by atoms with Crippen LogP contribution in [0.15, 0.2) is 18.2 Å². The predicted octanol–water partition coefficient (Wildman–Crippen LogP) is 2.72. The van der Waals surface area contributed by atoms with Gasteiger partial charge >= 0.3 is 0 Å². The van der Waals surface area contributed by atoms with Crippen molar-refractivity contribution in [2.75, 3.05) is 11.9 Å². The molecule has 100 valence electrons. The molecule has 0 aliphatic heterocycles. The van der Waals surface area contributed by atoms with E-state index in [2.05, 4.69) is 5.32 Å². The Morgan fingerprint density at radius 2 is 2.11 bits per heavy atom. The van der Waals surface area contributed by atoms with E-state index in [0.29, 0.717) is 24.6 Å². The first kappa shape index (κ1) is 14.4. The fourth-order valence-corrected chi connectivity index (χ4v) is 1.88. The summed E-state index contributed by atoms with van der Waals surface area (Å²) in [5, 5.41) is 23.6. The number of rotatable bonds is 6. The lowest BCUT2D eigenvalue weighted by molar-refractivity contribution is -0.384. The van der Waals surface area contributed by atoms with Gasteiger partial charge in [0.05, 0.1) is 11.0 Å². The first-order valence-corrected chi connectivity index (χ1v) is 6.07. The lowest BCUT2D eigenvalue weighted by Gasteiger charge is -2.15. The molecular weight excluding hydrogens is 232 g/mol. The lowest BCUT2D eigenvalue weighted by Crippen LogP contribution is -2.22. The molecule has 0 aromatic heterocycles. The first-order chi connectivity index (χ1) is 8.41. The van der Waals surface area contributed by atoms with Crippen LogP contribution in [0.2, 0.25) is 0 Å². The largest absolute Gasteiger partial charge is 0.391 e. The summed E-state index contributed by atoms with van der Waals surface area (Å²) in [6, 6.07) is 4.93. The van der Waals surface area contributed by atoms with Crippen molar-refractivity contribution in [2.45, 2.75) is 33.3 Å². The second kappa shape index (κ2) is 6.35. The molecule has 1 aromatic rings. The van der Waals surface area contributed by atoms with Gasteiger partial charge in [0.15, 0.2) is 0 Å². The quantitative estimate of drug-likeness (QED) is 0.603. The zero-order chi connectivity index (χ0) is 13.7. The molecule has 5 heteroatoms. The number of aliphatic hydroxyl groups is 1. The number of nitrogens with one attached hydrogen (secondary N) is 1. The Kier molecular flexibility index (Phi) is 5.09. The predicted molar refractivity (Wildman–Crippen MR) is 71.8 cm³/mol. The van der Waals surface area contributed by atoms with Gasteiger partial charge in [-0.25, -0.2) is 0 Å². The third kappa shape index (κ3) is 4.00. The van der Waals surface area contributed by atoms with E-state index in [1.165, 1.54) is 6.07 Å². The van der Waals surface area contributed by atoms with Crippen molar-refractivity contribution in [1.82, 2.24) is 0 Å². The average Bonchev–Trinajstić information content (AvgIpc) is 2.25. The number of aliphatic hydroxyl groups excluding tert-OH is 1. The highest BCUT2D eigenvalue weighted by Crippen LogP contribution is 2.27. The first-order valence-electron chi connectivity index (χ1n) is 6.07. The molecule has 0 fully saturated rings. The lowest BCUT2D eigenvalue weighted by atomic mass is 10.1. The minimum absolute atomic E-state index is 0.0479. The van der Waals surface area contributed by atoms with Crippen LogP contribution in [0.1, 0.15) is 25.8 Å². The number of nitro groups is 1. The van der Waals surface area contributed by atoms with Gasteiger partial charge in [-0.3, -0.25) is 10.1 Å². The molecule has 0 radical (unpaired) electrons. The van der Waals surface area contributed by atoms with Gasteiger partial charge in [0, 0.05) is 12.6 Å². The summed E-state index contributed by atoms with van der Waals surface area (Å²) in [7, 11) is 0. The molecule has 0 saturated carbocycles. The van der Waals surface area contributed by atoms with E-state index >= 15 is 0 Å². The minimum Gasteiger partial charge on any atom is -0.391 e. The maximum absolute atomic E-state index is 10.9. The van der Waals surface area contributed by atoms with Crippen molar-refractivity contribution >= 4 is 11.4 Å². The van der Waals surface area contributed by atoms with Crippen molar-refractivity contribution in [3.63, 3.8) is 0 Å². The minimum atomic E-state index is -0.496. The average molecular weight is 252 g/mol. The van der Waals surface area contributed by atoms with Gasteiger partial charge in [-0.15, -0.1) is 0 Å². The van der Waals surface area contributed by atoms with Crippen LogP contribution < -0.4 is 5.32 Å². The molecule has 0 saturated heterocycles. The second-order valence-corrected chi connectivity index (χ2v) is 4.89. The van der Waals surface area contributed by atoms with E-state index in [0.717, 1.165) is 5.56 Å². The Morgan fingerprint density at radius 3 is 2.67 bits per heavy atom. The maximum Gasteiger partial charge on any atom is 0.292 e. The number of aryl methyl sites for hydroxylation is 1. The van der Waals surface area contributed by atoms with E-state index in [9.17, 15) is 15.2 Å². The van der Waals surface area contributed by atoms with E-state index < -0.39 is 11.0 Å². The van der Waals surface area contributed by atoms with Gasteiger partial charge in [-0.1, -0.05) is 26.0 Å². The number of benzene rings is 1. The van der Waals surface area contributed by atoms with E-state index in [1.54, 1.807) is 6.07 Å². The van der Waals surface area contributed by atoms with Crippen LogP contribution in [0.4, 0.5) is 11.4 Å². The molecule has 1 aromatic carbocycles. The van der Waals surface area contributed by atoms with Crippen molar-refractivity contribution < 1.29 is 10.0 Å². The number of nitrogens with zero attached hydrogens (tertiary/aromatic N) is 1. The van der Waals surface area contributed by atoms with Crippen LogP contribution in [-0.4, -0.2) is 22.7 Å². The van der Waals surface area contributed by atoms with Gasteiger partial charge in [-0.2, -0.15) is 0 Å². The molecule has 0 spiro atoms. The zero-order valence-electron chi connectivity index (χ0n) is 11.0. The highest BCUT2D eigenvalue weighted by Gasteiger charge is 2.16. The fraction of sp³-hybridized carbons (Fsp3) is 0.538. The molecule has 1 unspecified atom stereocenters. The maximum atomic E-state index is 10.9. The van der Waals surface area contributed by atoms with Crippen molar-refractivity contribution in [3.8, 4) is 0 Å². The van der Waals surface area contributed by atoms with Crippen LogP contribution in [0, 0.1) is 23.0 Å². The molecular formula is C13H20N2O3. The monoisotopic (exact) mass is 252 g/mol. The molecule has 0 aliphatic rings. The Balaban J connectivity index is 2.75. The van der Waals surface area contributed by atoms with Gasteiger partial charge in [0.2, 0.25) is 0 Å². The van der Waals surface area contributed by atoms with Crippen molar-refractivity contribution in [1.29, 1.82) is 0 Å². The standard InChI is InChI=1S/C13H20N2O3/c1-9(2)7-11(16)8-14-13-10(3)5-4-6-12(13)15(17)18/h4-6,9,11,14,16H,7-8H2,1-3H3. The summed E-state index contributed by atoms with van der Waals surface area (Å²) < 4.78 is 0. The summed E-state index contributed by atoms with van der Waals surface area (Å²) in [5.41, 5.74) is 1.35. The van der Waals surface area contributed by atoms with Crippen LogP contribution in [0.3, 0.4) is 0 Å². The zero-order valence-corrected chi connectivity index (χ0v) is 11.0. The molecule has 5 nitrogen and oxygen atoms in total. The normalized spacial score (nSPS) is 12.5. The number of hydrogen-bond donors (Lipinski definition) is 2. The molecule has 2 N–H and O–H groups in total. The van der Waals surface area contributed by atoms with Crippen LogP contribution in [0.5, 0.6) is 0 Å². The summed E-state index contributed by atoms with van der Waals surface area (Å²) in [5.74, 6) is 0.397. The number of para-hydroxylation sites is 1. The molecule has 18 heavy (non-hydrogen) atoms. The summed E-state index contributed by atoms with van der Waals surface area (Å²) >= 11 is 0. The summed E-state index contributed by atoms with van der Waals surface area (Å²) in [6.45, 7) is 6.19. The van der Waals surface area contributed by atoms with Crippen molar-refractivity contribution in [3.05, 3.63) is 33.9 Å². The molecule has 0 aliphatic carbocycles. The van der Waals surface area contributed by atoms with Crippen LogP contribution >= 0.6 is 0 Å². The van der Waals surface area contributed by atoms with Gasteiger partial charge in [0.1, 0.15) is 5.69 Å². The van der Waals surface area contributed by atoms with E-state index in [1.807, 2.05) is 26.8 Å². The number of anilines is 1. The Labute approximate surface area is 107 Å². The molecule has 0 bridgehead atoms.